The van der Waals surface area contributed by atoms with Crippen LogP contribution in [0.1, 0.15) is 44.2 Å². The number of ether oxygens (including phenoxy) is 1. The number of hydrogen-bond acceptors (Lipinski definition) is 4. The standard InChI is InChI=1S/C20H28N2O4/c1-3-17(24)21-18(14-7-5-4-6-8-14)19(25)22-11-9-20(10-12-22)15(23)13-16(20)26-2/h4-8,15-16,18,23H,3,9-13H2,1-2H3,(H,21,24). The summed E-state index contributed by atoms with van der Waals surface area (Å²) >= 11 is 0. The predicted molar refractivity (Wildman–Crippen MR) is 97.3 cm³/mol. The molecule has 1 heterocycles. The van der Waals surface area contributed by atoms with Gasteiger partial charge in [-0.15, -0.1) is 0 Å². The molecule has 1 saturated heterocycles. The van der Waals surface area contributed by atoms with Gasteiger partial charge in [0.15, 0.2) is 0 Å². The lowest BCUT2D eigenvalue weighted by Gasteiger charge is -2.56. The van der Waals surface area contributed by atoms with Gasteiger partial charge in [0.05, 0.1) is 12.2 Å². The Balaban J connectivity index is 1.71. The average Bonchev–Trinajstić information content (AvgIpc) is 2.70. The van der Waals surface area contributed by atoms with Gasteiger partial charge in [-0.25, -0.2) is 0 Å². The number of nitrogens with zero attached hydrogens (tertiary/aromatic N) is 1. The number of aliphatic hydroxyl groups excluding tert-OH is 1. The summed E-state index contributed by atoms with van der Waals surface area (Å²) in [6.45, 7) is 2.91. The fraction of sp³-hybridized carbons (Fsp3) is 0.600. The highest BCUT2D eigenvalue weighted by atomic mass is 16.5. The number of hydrogen-bond donors (Lipinski definition) is 2. The first-order chi connectivity index (χ1) is 12.5. The Bertz CT molecular complexity index is 640. The van der Waals surface area contributed by atoms with Gasteiger partial charge in [-0.2, -0.15) is 0 Å². The number of piperidine rings is 1. The third-order valence-electron chi connectivity index (χ3n) is 6.04. The van der Waals surface area contributed by atoms with Crippen molar-refractivity contribution in [2.45, 2.75) is 50.9 Å². The molecule has 0 bridgehead atoms. The van der Waals surface area contributed by atoms with Gasteiger partial charge in [-0.3, -0.25) is 9.59 Å². The molecule has 6 heteroatoms. The van der Waals surface area contributed by atoms with Crippen molar-refractivity contribution in [1.29, 1.82) is 0 Å². The first-order valence-electron chi connectivity index (χ1n) is 9.35. The highest BCUT2D eigenvalue weighted by molar-refractivity contribution is 5.88. The van der Waals surface area contributed by atoms with E-state index in [0.29, 0.717) is 25.9 Å². The molecule has 142 valence electrons. The van der Waals surface area contributed by atoms with E-state index < -0.39 is 6.04 Å². The molecule has 0 aromatic heterocycles. The number of amides is 2. The highest BCUT2D eigenvalue weighted by Gasteiger charge is 2.56. The molecule has 3 rings (SSSR count). The summed E-state index contributed by atoms with van der Waals surface area (Å²) < 4.78 is 5.51. The molecule has 0 radical (unpaired) electrons. The molecule has 1 aromatic rings. The molecule has 2 N–H and O–H groups in total. The Labute approximate surface area is 154 Å². The minimum atomic E-state index is -0.665. The molecule has 1 aliphatic carbocycles. The topological polar surface area (TPSA) is 78.9 Å². The second-order valence-corrected chi connectivity index (χ2v) is 7.30. The first kappa shape index (κ1) is 18.9. The number of benzene rings is 1. The van der Waals surface area contributed by atoms with Crippen LogP contribution in [0, 0.1) is 5.41 Å². The van der Waals surface area contributed by atoms with Crippen molar-refractivity contribution in [3.63, 3.8) is 0 Å². The molecule has 1 spiro atoms. The monoisotopic (exact) mass is 360 g/mol. The highest BCUT2D eigenvalue weighted by Crippen LogP contribution is 2.50. The van der Waals surface area contributed by atoms with Crippen molar-refractivity contribution in [2.24, 2.45) is 5.41 Å². The van der Waals surface area contributed by atoms with Gasteiger partial charge >= 0.3 is 0 Å². The minimum absolute atomic E-state index is 0.0690. The van der Waals surface area contributed by atoms with Crippen LogP contribution in [0.4, 0.5) is 0 Å². The van der Waals surface area contributed by atoms with Gasteiger partial charge in [-0.1, -0.05) is 37.3 Å². The van der Waals surface area contributed by atoms with E-state index in [9.17, 15) is 14.7 Å². The zero-order valence-electron chi connectivity index (χ0n) is 15.5. The molecule has 1 aliphatic heterocycles. The van der Waals surface area contributed by atoms with E-state index in [4.69, 9.17) is 4.74 Å². The molecule has 26 heavy (non-hydrogen) atoms. The molecular weight excluding hydrogens is 332 g/mol. The zero-order valence-corrected chi connectivity index (χ0v) is 15.5. The normalized spacial score (nSPS) is 25.4. The molecule has 1 aromatic carbocycles. The quantitative estimate of drug-likeness (QED) is 0.837. The van der Waals surface area contributed by atoms with Crippen LogP contribution in [0.15, 0.2) is 30.3 Å². The number of carbonyl (C=O) groups excluding carboxylic acids is 2. The van der Waals surface area contributed by atoms with Gasteiger partial charge in [0.25, 0.3) is 0 Å². The van der Waals surface area contributed by atoms with E-state index >= 15 is 0 Å². The molecular formula is C20H28N2O4. The fourth-order valence-corrected chi connectivity index (χ4v) is 4.23. The summed E-state index contributed by atoms with van der Waals surface area (Å²) in [6.07, 6.45) is 2.17. The Morgan fingerprint density at radius 3 is 2.50 bits per heavy atom. The largest absolute Gasteiger partial charge is 0.392 e. The maximum Gasteiger partial charge on any atom is 0.249 e. The number of aliphatic hydroxyl groups is 1. The second kappa shape index (κ2) is 7.76. The number of methoxy groups -OCH3 is 1. The molecule has 2 aliphatic rings. The van der Waals surface area contributed by atoms with Crippen molar-refractivity contribution in [3.8, 4) is 0 Å². The Morgan fingerprint density at radius 1 is 1.31 bits per heavy atom. The number of rotatable bonds is 5. The van der Waals surface area contributed by atoms with Gasteiger partial charge in [0, 0.05) is 38.5 Å². The van der Waals surface area contributed by atoms with Crippen LogP contribution in [0.25, 0.3) is 0 Å². The maximum absolute atomic E-state index is 13.1. The Morgan fingerprint density at radius 2 is 1.96 bits per heavy atom. The van der Waals surface area contributed by atoms with Gasteiger partial charge < -0.3 is 20.1 Å². The lowest BCUT2D eigenvalue weighted by atomic mass is 9.58. The Hall–Kier alpha value is -1.92. The smallest absolute Gasteiger partial charge is 0.249 e. The van der Waals surface area contributed by atoms with Crippen LogP contribution in [0.5, 0.6) is 0 Å². The van der Waals surface area contributed by atoms with Crippen LogP contribution < -0.4 is 5.32 Å². The second-order valence-electron chi connectivity index (χ2n) is 7.30. The molecule has 2 fully saturated rings. The zero-order chi connectivity index (χ0) is 18.7. The summed E-state index contributed by atoms with van der Waals surface area (Å²) in [5, 5.41) is 13.1. The maximum atomic E-state index is 13.1. The summed E-state index contributed by atoms with van der Waals surface area (Å²) in [7, 11) is 1.68. The molecule has 3 atom stereocenters. The van der Waals surface area contributed by atoms with Gasteiger partial charge in [0.1, 0.15) is 6.04 Å². The fourth-order valence-electron chi connectivity index (χ4n) is 4.23. The SMILES string of the molecule is CCC(=O)NC(C(=O)N1CCC2(CC1)C(O)CC2OC)c1ccccc1. The molecule has 6 nitrogen and oxygen atoms in total. The van der Waals surface area contributed by atoms with Crippen LogP contribution in [0.2, 0.25) is 0 Å². The van der Waals surface area contributed by atoms with Crippen LogP contribution in [-0.2, 0) is 14.3 Å². The van der Waals surface area contributed by atoms with Crippen molar-refractivity contribution in [2.75, 3.05) is 20.2 Å². The van der Waals surface area contributed by atoms with Crippen molar-refractivity contribution in [3.05, 3.63) is 35.9 Å². The average molecular weight is 360 g/mol. The lowest BCUT2D eigenvalue weighted by molar-refractivity contribution is -0.202. The minimum Gasteiger partial charge on any atom is -0.392 e. The van der Waals surface area contributed by atoms with Crippen molar-refractivity contribution in [1.82, 2.24) is 10.2 Å². The lowest BCUT2D eigenvalue weighted by Crippen LogP contribution is -2.63. The van der Waals surface area contributed by atoms with E-state index in [2.05, 4.69) is 5.32 Å². The predicted octanol–water partition coefficient (Wildman–Crippen LogP) is 1.64. The van der Waals surface area contributed by atoms with Crippen LogP contribution in [-0.4, -0.2) is 54.2 Å². The molecule has 3 unspecified atom stereocenters. The van der Waals surface area contributed by atoms with Gasteiger partial charge in [0.2, 0.25) is 11.8 Å². The summed E-state index contributed by atoms with van der Waals surface area (Å²) in [5.74, 6) is -0.231. The number of nitrogens with one attached hydrogen (secondary N) is 1. The van der Waals surface area contributed by atoms with E-state index in [0.717, 1.165) is 18.4 Å². The van der Waals surface area contributed by atoms with Crippen molar-refractivity contribution >= 4 is 11.8 Å². The summed E-state index contributed by atoms with van der Waals surface area (Å²) in [4.78, 5) is 26.9. The van der Waals surface area contributed by atoms with Crippen LogP contribution >= 0.6 is 0 Å². The number of likely N-dealkylation sites (tertiary alicyclic amines) is 1. The number of carbonyl (C=O) groups is 2. The van der Waals surface area contributed by atoms with E-state index in [-0.39, 0.29) is 29.4 Å². The molecule has 1 saturated carbocycles. The van der Waals surface area contributed by atoms with E-state index in [1.165, 1.54) is 0 Å². The van der Waals surface area contributed by atoms with E-state index in [1.54, 1.807) is 18.9 Å². The Kier molecular flexibility index (Phi) is 5.63. The summed E-state index contributed by atoms with van der Waals surface area (Å²) in [5.41, 5.74) is 0.568. The third-order valence-corrected chi connectivity index (χ3v) is 6.04. The third kappa shape index (κ3) is 3.35. The van der Waals surface area contributed by atoms with Gasteiger partial charge in [-0.05, 0) is 18.4 Å². The van der Waals surface area contributed by atoms with Crippen molar-refractivity contribution < 1.29 is 19.4 Å². The van der Waals surface area contributed by atoms with Crippen LogP contribution in [0.3, 0.4) is 0 Å². The molecule has 2 amide bonds. The summed E-state index contributed by atoms with van der Waals surface area (Å²) in [6, 6.07) is 8.68. The van der Waals surface area contributed by atoms with E-state index in [1.807, 2.05) is 30.3 Å². The first-order valence-corrected chi connectivity index (χ1v) is 9.35.